The number of nitrogens with zero attached hydrogens (tertiary/aromatic N) is 2. The summed E-state index contributed by atoms with van der Waals surface area (Å²) in [6.07, 6.45) is 2.63. The fourth-order valence-corrected chi connectivity index (χ4v) is 2.99. The summed E-state index contributed by atoms with van der Waals surface area (Å²) in [4.78, 5) is 28.5. The Morgan fingerprint density at radius 3 is 2.42 bits per heavy atom. The fraction of sp³-hybridized carbons (Fsp3) is 0.529. The van der Waals surface area contributed by atoms with Gasteiger partial charge in [0.2, 0.25) is 5.91 Å². The molecule has 1 aliphatic heterocycles. The molecule has 0 radical (unpaired) electrons. The lowest BCUT2D eigenvalue weighted by molar-refractivity contribution is -0.117. The maximum atomic E-state index is 12.5. The van der Waals surface area contributed by atoms with E-state index in [0.717, 1.165) is 31.9 Å². The molecule has 1 aromatic rings. The third-order valence-corrected chi connectivity index (χ3v) is 4.80. The first-order valence-corrected chi connectivity index (χ1v) is 9.54. The molecule has 0 spiro atoms. The highest BCUT2D eigenvalue weighted by atomic mass is 32.2. The molecule has 1 fully saturated rings. The number of amides is 2. The van der Waals surface area contributed by atoms with Gasteiger partial charge in [-0.2, -0.15) is 11.8 Å². The number of carbonyl (C=O) groups excluding carboxylic acids is 2. The number of piperazine rings is 1. The minimum absolute atomic E-state index is 0.0395. The lowest BCUT2D eigenvalue weighted by Crippen LogP contribution is -2.47. The lowest BCUT2D eigenvalue weighted by atomic mass is 10.1. The van der Waals surface area contributed by atoms with E-state index in [2.05, 4.69) is 17.3 Å². The van der Waals surface area contributed by atoms with E-state index in [1.54, 1.807) is 36.0 Å². The van der Waals surface area contributed by atoms with Gasteiger partial charge in [-0.05, 0) is 49.7 Å². The topological polar surface area (TPSA) is 78.7 Å². The third kappa shape index (κ3) is 5.22. The van der Waals surface area contributed by atoms with Gasteiger partial charge in [0.15, 0.2) is 0 Å². The molecule has 0 aliphatic carbocycles. The lowest BCUT2D eigenvalue weighted by Gasteiger charge is -2.32. The highest BCUT2D eigenvalue weighted by molar-refractivity contribution is 7.98. The maximum Gasteiger partial charge on any atom is 0.253 e. The Labute approximate surface area is 147 Å². The number of benzene rings is 1. The molecule has 0 aromatic heterocycles. The van der Waals surface area contributed by atoms with Crippen molar-refractivity contribution in [2.75, 3.05) is 50.6 Å². The summed E-state index contributed by atoms with van der Waals surface area (Å²) in [5, 5.41) is 2.80. The van der Waals surface area contributed by atoms with E-state index in [1.165, 1.54) is 0 Å². The normalized spacial score (nSPS) is 16.7. The van der Waals surface area contributed by atoms with Crippen LogP contribution in [0.15, 0.2) is 24.3 Å². The molecule has 1 heterocycles. The third-order valence-electron chi connectivity index (χ3n) is 4.16. The van der Waals surface area contributed by atoms with Crippen LogP contribution in [0.25, 0.3) is 0 Å². The van der Waals surface area contributed by atoms with E-state index < -0.39 is 6.04 Å². The Morgan fingerprint density at radius 2 is 1.83 bits per heavy atom. The van der Waals surface area contributed by atoms with Crippen LogP contribution < -0.4 is 11.1 Å². The predicted octanol–water partition coefficient (Wildman–Crippen LogP) is 1.09. The molecule has 1 atom stereocenters. The molecule has 2 amide bonds. The minimum Gasteiger partial charge on any atom is -0.336 e. The first-order valence-electron chi connectivity index (χ1n) is 8.14. The van der Waals surface area contributed by atoms with Crippen molar-refractivity contribution >= 4 is 29.3 Å². The van der Waals surface area contributed by atoms with Gasteiger partial charge in [-0.1, -0.05) is 0 Å². The average Bonchev–Trinajstić information content (AvgIpc) is 2.60. The van der Waals surface area contributed by atoms with Crippen LogP contribution in [0.5, 0.6) is 0 Å². The Bertz CT molecular complexity index is 556. The predicted molar refractivity (Wildman–Crippen MR) is 99.4 cm³/mol. The summed E-state index contributed by atoms with van der Waals surface area (Å²) in [6.45, 7) is 3.29. The van der Waals surface area contributed by atoms with Gasteiger partial charge in [0.1, 0.15) is 0 Å². The standard InChI is InChI=1S/C17H26N4O2S/c1-20-8-10-21(11-9-20)17(23)13-3-5-14(6-4-13)19-16(22)15(18)7-12-24-2/h3-6,15H,7-12,18H2,1-2H3,(H,19,22)/t15-/m0/s1. The molecule has 1 aromatic carbocycles. The monoisotopic (exact) mass is 350 g/mol. The Balaban J connectivity index is 1.90. The van der Waals surface area contributed by atoms with E-state index in [4.69, 9.17) is 5.73 Å². The van der Waals surface area contributed by atoms with Crippen molar-refractivity contribution in [2.24, 2.45) is 5.73 Å². The highest BCUT2D eigenvalue weighted by Crippen LogP contribution is 2.13. The Hall–Kier alpha value is -1.57. The number of carbonyl (C=O) groups is 2. The summed E-state index contributed by atoms with van der Waals surface area (Å²) >= 11 is 1.67. The van der Waals surface area contributed by atoms with Crippen LogP contribution in [0, 0.1) is 0 Å². The molecular formula is C17H26N4O2S. The van der Waals surface area contributed by atoms with E-state index in [1.807, 2.05) is 11.2 Å². The molecule has 2 rings (SSSR count). The number of anilines is 1. The summed E-state index contributed by atoms with van der Waals surface area (Å²) in [5.74, 6) is 0.701. The van der Waals surface area contributed by atoms with Crippen LogP contribution >= 0.6 is 11.8 Å². The van der Waals surface area contributed by atoms with E-state index in [-0.39, 0.29) is 11.8 Å². The summed E-state index contributed by atoms with van der Waals surface area (Å²) < 4.78 is 0. The van der Waals surface area contributed by atoms with Crippen LogP contribution in [-0.2, 0) is 4.79 Å². The van der Waals surface area contributed by atoms with Crippen LogP contribution in [0.2, 0.25) is 0 Å². The van der Waals surface area contributed by atoms with Gasteiger partial charge in [-0.3, -0.25) is 9.59 Å². The van der Waals surface area contributed by atoms with Crippen LogP contribution in [0.4, 0.5) is 5.69 Å². The molecule has 0 saturated carbocycles. The first kappa shape index (κ1) is 18.8. The maximum absolute atomic E-state index is 12.5. The van der Waals surface area contributed by atoms with Crippen LogP contribution in [0.1, 0.15) is 16.8 Å². The number of hydrogen-bond acceptors (Lipinski definition) is 5. The zero-order valence-electron chi connectivity index (χ0n) is 14.3. The zero-order chi connectivity index (χ0) is 17.5. The summed E-state index contributed by atoms with van der Waals surface area (Å²) in [5.41, 5.74) is 7.15. The molecule has 0 bridgehead atoms. The second-order valence-corrected chi connectivity index (χ2v) is 7.04. The van der Waals surface area contributed by atoms with E-state index >= 15 is 0 Å². The van der Waals surface area contributed by atoms with Gasteiger partial charge < -0.3 is 20.9 Å². The minimum atomic E-state index is -0.510. The van der Waals surface area contributed by atoms with E-state index in [0.29, 0.717) is 17.7 Å². The van der Waals surface area contributed by atoms with Crippen molar-refractivity contribution < 1.29 is 9.59 Å². The van der Waals surface area contributed by atoms with Gasteiger partial charge in [-0.25, -0.2) is 0 Å². The Morgan fingerprint density at radius 1 is 1.21 bits per heavy atom. The fourth-order valence-electron chi connectivity index (χ4n) is 2.50. The number of thioether (sulfide) groups is 1. The van der Waals surface area contributed by atoms with Crippen LogP contribution in [0.3, 0.4) is 0 Å². The second-order valence-electron chi connectivity index (χ2n) is 6.05. The number of nitrogens with one attached hydrogen (secondary N) is 1. The number of rotatable bonds is 6. The molecule has 7 heteroatoms. The van der Waals surface area contributed by atoms with Crippen molar-refractivity contribution in [2.45, 2.75) is 12.5 Å². The molecule has 1 saturated heterocycles. The van der Waals surface area contributed by atoms with Crippen molar-refractivity contribution in [3.05, 3.63) is 29.8 Å². The Kier molecular flexibility index (Phi) is 7.08. The second kappa shape index (κ2) is 9.05. The quantitative estimate of drug-likeness (QED) is 0.803. The summed E-state index contributed by atoms with van der Waals surface area (Å²) in [7, 11) is 2.06. The van der Waals surface area contributed by atoms with Crippen molar-refractivity contribution in [3.8, 4) is 0 Å². The average molecular weight is 350 g/mol. The van der Waals surface area contributed by atoms with Gasteiger partial charge in [0.25, 0.3) is 5.91 Å². The van der Waals surface area contributed by atoms with E-state index in [9.17, 15) is 9.59 Å². The number of hydrogen-bond donors (Lipinski definition) is 2. The first-order chi connectivity index (χ1) is 11.5. The molecule has 1 aliphatic rings. The molecule has 6 nitrogen and oxygen atoms in total. The molecule has 0 unspecified atom stereocenters. The van der Waals surface area contributed by atoms with Gasteiger partial charge >= 0.3 is 0 Å². The highest BCUT2D eigenvalue weighted by Gasteiger charge is 2.20. The summed E-state index contributed by atoms with van der Waals surface area (Å²) in [6, 6.07) is 6.50. The number of likely N-dealkylation sites (N-methyl/N-ethyl adjacent to an activating group) is 1. The molecule has 132 valence electrons. The molecular weight excluding hydrogens is 324 g/mol. The van der Waals surface area contributed by atoms with Crippen molar-refractivity contribution in [1.29, 1.82) is 0 Å². The van der Waals surface area contributed by atoms with Crippen molar-refractivity contribution in [1.82, 2.24) is 9.80 Å². The van der Waals surface area contributed by atoms with Gasteiger partial charge in [0.05, 0.1) is 6.04 Å². The molecule has 24 heavy (non-hydrogen) atoms. The largest absolute Gasteiger partial charge is 0.336 e. The number of nitrogens with two attached hydrogens (primary N) is 1. The SMILES string of the molecule is CSCC[C@H](N)C(=O)Nc1ccc(C(=O)N2CCN(C)CC2)cc1. The van der Waals surface area contributed by atoms with Crippen LogP contribution in [-0.4, -0.2) is 72.9 Å². The van der Waals surface area contributed by atoms with Gasteiger partial charge in [-0.15, -0.1) is 0 Å². The smallest absolute Gasteiger partial charge is 0.253 e. The zero-order valence-corrected chi connectivity index (χ0v) is 15.1. The molecule has 3 N–H and O–H groups in total. The van der Waals surface area contributed by atoms with Crippen molar-refractivity contribution in [3.63, 3.8) is 0 Å². The van der Waals surface area contributed by atoms with Gasteiger partial charge in [0, 0.05) is 37.4 Å².